The molecule has 0 heterocycles. The molecule has 0 saturated carbocycles. The van der Waals surface area contributed by atoms with Crippen LogP contribution in [0.4, 0.5) is 11.4 Å². The molecular weight excluding hydrogens is 384 g/mol. The van der Waals surface area contributed by atoms with E-state index in [4.69, 9.17) is 4.74 Å². The standard InChI is InChI=1S/C23H20N2O5/c1-15-6-2-5-9-20(15)30-14-21(26)25-19-8-4-3-7-18(19)22(27)24-17-12-10-16(11-13-17)23(28)29/h2-13H,14H2,1H3,(H,24,27)(H,25,26)(H,28,29)/p-1. The van der Waals surface area contributed by atoms with Crippen LogP contribution in [-0.4, -0.2) is 24.4 Å². The van der Waals surface area contributed by atoms with Crippen molar-refractivity contribution < 1.29 is 24.2 Å². The quantitative estimate of drug-likeness (QED) is 0.631. The van der Waals surface area contributed by atoms with Crippen molar-refractivity contribution in [3.8, 4) is 5.75 Å². The Balaban J connectivity index is 1.66. The van der Waals surface area contributed by atoms with E-state index in [-0.39, 0.29) is 17.7 Å². The fraction of sp³-hybridized carbons (Fsp3) is 0.0870. The molecule has 0 radical (unpaired) electrons. The summed E-state index contributed by atoms with van der Waals surface area (Å²) in [5.74, 6) is -1.55. The number of carbonyl (C=O) groups is 3. The number of amides is 2. The van der Waals surface area contributed by atoms with Crippen LogP contribution in [-0.2, 0) is 4.79 Å². The topological polar surface area (TPSA) is 108 Å². The SMILES string of the molecule is Cc1ccccc1OCC(=O)Nc1ccccc1C(=O)Nc1ccc(C(=O)[O-])cc1. The maximum absolute atomic E-state index is 12.6. The summed E-state index contributed by atoms with van der Waals surface area (Å²) < 4.78 is 5.53. The summed E-state index contributed by atoms with van der Waals surface area (Å²) in [6, 6.07) is 19.5. The summed E-state index contributed by atoms with van der Waals surface area (Å²) in [5, 5.41) is 16.2. The van der Waals surface area contributed by atoms with Crippen LogP contribution >= 0.6 is 0 Å². The maximum atomic E-state index is 12.6. The van der Waals surface area contributed by atoms with Gasteiger partial charge in [-0.1, -0.05) is 42.5 Å². The van der Waals surface area contributed by atoms with Crippen LogP contribution in [0.3, 0.4) is 0 Å². The summed E-state index contributed by atoms with van der Waals surface area (Å²) in [5.41, 5.74) is 1.92. The monoisotopic (exact) mass is 403 g/mol. The molecule has 3 rings (SSSR count). The molecule has 0 aliphatic carbocycles. The van der Waals surface area contributed by atoms with Crippen LogP contribution in [0.15, 0.2) is 72.8 Å². The van der Waals surface area contributed by atoms with Crippen molar-refractivity contribution in [1.29, 1.82) is 0 Å². The van der Waals surface area contributed by atoms with Crippen molar-refractivity contribution in [2.45, 2.75) is 6.92 Å². The van der Waals surface area contributed by atoms with Gasteiger partial charge in [-0.05, 0) is 48.4 Å². The number of carbonyl (C=O) groups excluding carboxylic acids is 3. The average molecular weight is 403 g/mol. The summed E-state index contributed by atoms with van der Waals surface area (Å²) in [6.07, 6.45) is 0. The van der Waals surface area contributed by atoms with E-state index in [0.717, 1.165) is 5.56 Å². The number of aromatic carboxylic acids is 1. The van der Waals surface area contributed by atoms with Gasteiger partial charge in [-0.25, -0.2) is 0 Å². The fourth-order valence-corrected chi connectivity index (χ4v) is 2.73. The molecule has 0 fully saturated rings. The first kappa shape index (κ1) is 20.6. The minimum atomic E-state index is -1.30. The van der Waals surface area contributed by atoms with Crippen molar-refractivity contribution >= 4 is 29.2 Å². The minimum Gasteiger partial charge on any atom is -0.545 e. The van der Waals surface area contributed by atoms with Crippen molar-refractivity contribution in [1.82, 2.24) is 0 Å². The Morgan fingerprint density at radius 3 is 2.23 bits per heavy atom. The second-order valence-corrected chi connectivity index (χ2v) is 6.47. The molecule has 0 aliphatic rings. The van der Waals surface area contributed by atoms with Gasteiger partial charge < -0.3 is 25.3 Å². The average Bonchev–Trinajstić information content (AvgIpc) is 2.74. The lowest BCUT2D eigenvalue weighted by atomic mass is 10.1. The van der Waals surface area contributed by atoms with Gasteiger partial charge in [0, 0.05) is 5.69 Å². The highest BCUT2D eigenvalue weighted by Crippen LogP contribution is 2.19. The summed E-state index contributed by atoms with van der Waals surface area (Å²) >= 11 is 0. The number of para-hydroxylation sites is 2. The molecule has 0 unspecified atom stereocenters. The van der Waals surface area contributed by atoms with E-state index in [9.17, 15) is 19.5 Å². The lowest BCUT2D eigenvalue weighted by Gasteiger charge is -2.13. The molecule has 2 N–H and O–H groups in total. The number of aryl methyl sites for hydroxylation is 1. The zero-order chi connectivity index (χ0) is 21.5. The highest BCUT2D eigenvalue weighted by atomic mass is 16.5. The Labute approximate surface area is 173 Å². The number of nitrogens with one attached hydrogen (secondary N) is 2. The van der Waals surface area contributed by atoms with Gasteiger partial charge in [0.25, 0.3) is 11.8 Å². The molecule has 7 heteroatoms. The van der Waals surface area contributed by atoms with E-state index < -0.39 is 17.8 Å². The van der Waals surface area contributed by atoms with Gasteiger partial charge in [-0.3, -0.25) is 9.59 Å². The number of hydrogen-bond donors (Lipinski definition) is 2. The lowest BCUT2D eigenvalue weighted by Crippen LogP contribution is -2.23. The second kappa shape index (κ2) is 9.38. The Kier molecular flexibility index (Phi) is 6.44. The zero-order valence-corrected chi connectivity index (χ0v) is 16.2. The Morgan fingerprint density at radius 1 is 0.867 bits per heavy atom. The third kappa shape index (κ3) is 5.23. The largest absolute Gasteiger partial charge is 0.545 e. The van der Waals surface area contributed by atoms with Gasteiger partial charge in [-0.2, -0.15) is 0 Å². The highest BCUT2D eigenvalue weighted by molar-refractivity contribution is 6.10. The molecule has 0 bridgehead atoms. The third-order valence-electron chi connectivity index (χ3n) is 4.28. The molecule has 152 valence electrons. The smallest absolute Gasteiger partial charge is 0.262 e. The van der Waals surface area contributed by atoms with Crippen LogP contribution < -0.4 is 20.5 Å². The second-order valence-electron chi connectivity index (χ2n) is 6.47. The maximum Gasteiger partial charge on any atom is 0.262 e. The number of rotatable bonds is 7. The normalized spacial score (nSPS) is 10.2. The molecule has 3 aromatic rings. The van der Waals surface area contributed by atoms with Crippen molar-refractivity contribution in [3.05, 3.63) is 89.5 Å². The first-order valence-corrected chi connectivity index (χ1v) is 9.14. The van der Waals surface area contributed by atoms with E-state index in [1.807, 2.05) is 25.1 Å². The van der Waals surface area contributed by atoms with E-state index in [1.165, 1.54) is 24.3 Å². The first-order valence-electron chi connectivity index (χ1n) is 9.14. The fourth-order valence-electron chi connectivity index (χ4n) is 2.73. The van der Waals surface area contributed by atoms with Gasteiger partial charge in [0.1, 0.15) is 5.75 Å². The van der Waals surface area contributed by atoms with Crippen LogP contribution in [0.1, 0.15) is 26.3 Å². The van der Waals surface area contributed by atoms with E-state index in [0.29, 0.717) is 17.1 Å². The van der Waals surface area contributed by atoms with Gasteiger partial charge in [0.2, 0.25) is 0 Å². The Hall–Kier alpha value is -4.13. The summed E-state index contributed by atoms with van der Waals surface area (Å²) in [6.45, 7) is 1.68. The van der Waals surface area contributed by atoms with Gasteiger partial charge in [-0.15, -0.1) is 0 Å². The third-order valence-corrected chi connectivity index (χ3v) is 4.28. The van der Waals surface area contributed by atoms with Gasteiger partial charge in [0.15, 0.2) is 6.61 Å². The van der Waals surface area contributed by atoms with E-state index in [2.05, 4.69) is 10.6 Å². The lowest BCUT2D eigenvalue weighted by molar-refractivity contribution is -0.255. The number of anilines is 2. The molecule has 0 saturated heterocycles. The number of carboxylic acids is 1. The Bertz CT molecular complexity index is 1080. The van der Waals surface area contributed by atoms with Crippen LogP contribution in [0.5, 0.6) is 5.75 Å². The molecule has 2 amide bonds. The number of hydrogen-bond acceptors (Lipinski definition) is 5. The van der Waals surface area contributed by atoms with Crippen molar-refractivity contribution in [3.63, 3.8) is 0 Å². The summed E-state index contributed by atoms with van der Waals surface area (Å²) in [4.78, 5) is 35.8. The number of benzene rings is 3. The van der Waals surface area contributed by atoms with Crippen molar-refractivity contribution in [2.24, 2.45) is 0 Å². The van der Waals surface area contributed by atoms with Crippen LogP contribution in [0.2, 0.25) is 0 Å². The first-order chi connectivity index (χ1) is 14.4. The minimum absolute atomic E-state index is 0.00863. The molecular formula is C23H19N2O5-. The van der Waals surface area contributed by atoms with E-state index in [1.54, 1.807) is 30.3 Å². The predicted molar refractivity (Wildman–Crippen MR) is 110 cm³/mol. The molecule has 0 atom stereocenters. The van der Waals surface area contributed by atoms with Gasteiger partial charge in [0.05, 0.1) is 17.2 Å². The molecule has 7 nitrogen and oxygen atoms in total. The predicted octanol–water partition coefficient (Wildman–Crippen LogP) is 2.63. The summed E-state index contributed by atoms with van der Waals surface area (Å²) in [7, 11) is 0. The molecule has 0 aliphatic heterocycles. The molecule has 3 aromatic carbocycles. The van der Waals surface area contributed by atoms with E-state index >= 15 is 0 Å². The zero-order valence-electron chi connectivity index (χ0n) is 16.2. The van der Waals surface area contributed by atoms with Crippen LogP contribution in [0, 0.1) is 6.92 Å². The number of carboxylic acid groups (broad SMARTS) is 1. The highest BCUT2D eigenvalue weighted by Gasteiger charge is 2.14. The molecule has 0 spiro atoms. The Morgan fingerprint density at radius 2 is 1.53 bits per heavy atom. The molecule has 0 aromatic heterocycles. The van der Waals surface area contributed by atoms with Crippen LogP contribution in [0.25, 0.3) is 0 Å². The number of ether oxygens (including phenoxy) is 1. The molecule has 30 heavy (non-hydrogen) atoms. The van der Waals surface area contributed by atoms with Gasteiger partial charge >= 0.3 is 0 Å². The van der Waals surface area contributed by atoms with Crippen molar-refractivity contribution in [2.75, 3.05) is 17.2 Å².